The summed E-state index contributed by atoms with van der Waals surface area (Å²) in [4.78, 5) is 0. The lowest BCUT2D eigenvalue weighted by Crippen LogP contribution is -2.21. The number of hydrogen-bond acceptors (Lipinski definition) is 3. The Labute approximate surface area is 97.0 Å². The maximum atomic E-state index is 11.1. The van der Waals surface area contributed by atoms with E-state index in [1.807, 2.05) is 26.0 Å². The van der Waals surface area contributed by atoms with Crippen LogP contribution in [-0.2, 0) is 21.0 Å². The SMILES string of the molecule is CC(C)(CO)c1ccc(CS(C)(=O)=O)cc1. The molecule has 0 amide bonds. The molecule has 0 aliphatic rings. The maximum absolute atomic E-state index is 11.1. The third-order valence-corrected chi connectivity index (χ3v) is 3.42. The summed E-state index contributed by atoms with van der Waals surface area (Å²) in [6, 6.07) is 7.34. The Morgan fingerprint density at radius 2 is 1.69 bits per heavy atom. The van der Waals surface area contributed by atoms with Gasteiger partial charge in [-0.15, -0.1) is 0 Å². The van der Waals surface area contributed by atoms with Crippen molar-refractivity contribution in [1.29, 1.82) is 0 Å². The number of hydrogen-bond donors (Lipinski definition) is 1. The van der Waals surface area contributed by atoms with Crippen molar-refractivity contribution in [3.8, 4) is 0 Å². The van der Waals surface area contributed by atoms with Crippen LogP contribution in [0.5, 0.6) is 0 Å². The predicted molar refractivity (Wildman–Crippen MR) is 65.1 cm³/mol. The van der Waals surface area contributed by atoms with E-state index in [0.29, 0.717) is 0 Å². The van der Waals surface area contributed by atoms with E-state index >= 15 is 0 Å². The summed E-state index contributed by atoms with van der Waals surface area (Å²) in [7, 11) is -2.98. The Morgan fingerprint density at radius 1 is 1.19 bits per heavy atom. The smallest absolute Gasteiger partial charge is 0.151 e. The quantitative estimate of drug-likeness (QED) is 0.870. The molecule has 0 bridgehead atoms. The molecule has 0 saturated heterocycles. The average Bonchev–Trinajstić information content (AvgIpc) is 2.16. The first-order valence-corrected chi connectivity index (χ1v) is 7.19. The van der Waals surface area contributed by atoms with Crippen LogP contribution >= 0.6 is 0 Å². The van der Waals surface area contributed by atoms with Crippen LogP contribution < -0.4 is 0 Å². The van der Waals surface area contributed by atoms with Crippen LogP contribution in [-0.4, -0.2) is 26.4 Å². The van der Waals surface area contributed by atoms with Gasteiger partial charge in [-0.2, -0.15) is 0 Å². The van der Waals surface area contributed by atoms with Crippen LogP contribution in [0.4, 0.5) is 0 Å². The van der Waals surface area contributed by atoms with Gasteiger partial charge < -0.3 is 5.11 Å². The number of sulfone groups is 1. The molecule has 1 rings (SSSR count). The van der Waals surface area contributed by atoms with Gasteiger partial charge in [0.15, 0.2) is 9.84 Å². The average molecular weight is 242 g/mol. The van der Waals surface area contributed by atoms with Gasteiger partial charge in [-0.05, 0) is 11.1 Å². The van der Waals surface area contributed by atoms with Gasteiger partial charge in [-0.1, -0.05) is 38.1 Å². The molecule has 0 atom stereocenters. The number of aliphatic hydroxyl groups excluding tert-OH is 1. The molecule has 0 radical (unpaired) electrons. The van der Waals surface area contributed by atoms with Gasteiger partial charge in [0.1, 0.15) is 0 Å². The summed E-state index contributed by atoms with van der Waals surface area (Å²) in [6.45, 7) is 3.95. The second kappa shape index (κ2) is 4.55. The third kappa shape index (κ3) is 3.61. The first-order chi connectivity index (χ1) is 7.24. The molecular formula is C12H18O3S. The monoisotopic (exact) mass is 242 g/mol. The van der Waals surface area contributed by atoms with E-state index in [0.717, 1.165) is 11.1 Å². The highest BCUT2D eigenvalue weighted by Gasteiger charge is 2.19. The second-order valence-corrected chi connectivity index (χ2v) is 6.95. The molecule has 1 aromatic carbocycles. The molecule has 0 fully saturated rings. The van der Waals surface area contributed by atoms with E-state index in [4.69, 9.17) is 0 Å². The summed E-state index contributed by atoms with van der Waals surface area (Å²) in [5.74, 6) is 0.0623. The van der Waals surface area contributed by atoms with E-state index < -0.39 is 9.84 Å². The van der Waals surface area contributed by atoms with Gasteiger partial charge in [0.25, 0.3) is 0 Å². The van der Waals surface area contributed by atoms with E-state index in [1.54, 1.807) is 12.1 Å². The highest BCUT2D eigenvalue weighted by atomic mass is 32.2. The summed E-state index contributed by atoms with van der Waals surface area (Å²) in [6.07, 6.45) is 1.22. The van der Waals surface area contributed by atoms with Crippen molar-refractivity contribution in [3.05, 3.63) is 35.4 Å². The summed E-state index contributed by atoms with van der Waals surface area (Å²) in [5, 5.41) is 9.21. The first-order valence-electron chi connectivity index (χ1n) is 5.12. The Balaban J connectivity index is 2.92. The molecule has 0 saturated carbocycles. The van der Waals surface area contributed by atoms with Crippen molar-refractivity contribution >= 4 is 9.84 Å². The Morgan fingerprint density at radius 3 is 2.06 bits per heavy atom. The largest absolute Gasteiger partial charge is 0.395 e. The Bertz CT molecular complexity index is 444. The van der Waals surface area contributed by atoms with Gasteiger partial charge in [0.2, 0.25) is 0 Å². The molecule has 1 aromatic rings. The molecule has 1 N–H and O–H groups in total. The van der Waals surface area contributed by atoms with Crippen molar-refractivity contribution in [2.24, 2.45) is 0 Å². The fraction of sp³-hybridized carbons (Fsp3) is 0.500. The molecule has 90 valence electrons. The van der Waals surface area contributed by atoms with E-state index in [1.165, 1.54) is 6.26 Å². The van der Waals surface area contributed by atoms with Crippen LogP contribution in [0, 0.1) is 0 Å². The highest BCUT2D eigenvalue weighted by Crippen LogP contribution is 2.22. The summed E-state index contributed by atoms with van der Waals surface area (Å²) >= 11 is 0. The molecule has 0 spiro atoms. The minimum atomic E-state index is -2.98. The van der Waals surface area contributed by atoms with E-state index in [-0.39, 0.29) is 17.8 Å². The van der Waals surface area contributed by atoms with Gasteiger partial charge >= 0.3 is 0 Å². The number of aliphatic hydroxyl groups is 1. The molecule has 0 aromatic heterocycles. The zero-order valence-electron chi connectivity index (χ0n) is 9.90. The van der Waals surface area contributed by atoms with Gasteiger partial charge in [0.05, 0.1) is 12.4 Å². The van der Waals surface area contributed by atoms with Gasteiger partial charge in [-0.25, -0.2) is 8.42 Å². The fourth-order valence-corrected chi connectivity index (χ4v) is 2.24. The van der Waals surface area contributed by atoms with Crippen LogP contribution in [0.2, 0.25) is 0 Å². The molecule has 16 heavy (non-hydrogen) atoms. The Kier molecular flexibility index (Phi) is 3.76. The predicted octanol–water partition coefficient (Wildman–Crippen LogP) is 1.50. The molecule has 3 nitrogen and oxygen atoms in total. The molecule has 0 aliphatic heterocycles. The lowest BCUT2D eigenvalue weighted by atomic mass is 9.85. The minimum Gasteiger partial charge on any atom is -0.395 e. The number of benzene rings is 1. The van der Waals surface area contributed by atoms with Crippen molar-refractivity contribution in [2.75, 3.05) is 12.9 Å². The van der Waals surface area contributed by atoms with Crippen molar-refractivity contribution in [2.45, 2.75) is 25.0 Å². The van der Waals surface area contributed by atoms with E-state index in [9.17, 15) is 13.5 Å². The van der Waals surface area contributed by atoms with Gasteiger partial charge in [-0.3, -0.25) is 0 Å². The van der Waals surface area contributed by atoms with Crippen LogP contribution in [0.15, 0.2) is 24.3 Å². The number of rotatable bonds is 4. The maximum Gasteiger partial charge on any atom is 0.151 e. The van der Waals surface area contributed by atoms with Crippen LogP contribution in [0.25, 0.3) is 0 Å². The highest BCUT2D eigenvalue weighted by molar-refractivity contribution is 7.89. The lowest BCUT2D eigenvalue weighted by Gasteiger charge is -2.22. The molecule has 4 heteroatoms. The standard InChI is InChI=1S/C12H18O3S/c1-12(2,9-13)11-6-4-10(5-7-11)8-16(3,14)15/h4-7,13H,8-9H2,1-3H3. The van der Waals surface area contributed by atoms with Gasteiger partial charge in [0, 0.05) is 11.7 Å². The normalized spacial score (nSPS) is 12.8. The van der Waals surface area contributed by atoms with E-state index in [2.05, 4.69) is 0 Å². The van der Waals surface area contributed by atoms with Crippen molar-refractivity contribution in [3.63, 3.8) is 0 Å². The fourth-order valence-electron chi connectivity index (χ4n) is 1.45. The molecular weight excluding hydrogens is 224 g/mol. The zero-order valence-corrected chi connectivity index (χ0v) is 10.7. The molecule has 0 unspecified atom stereocenters. The van der Waals surface area contributed by atoms with Crippen LogP contribution in [0.3, 0.4) is 0 Å². The van der Waals surface area contributed by atoms with Crippen molar-refractivity contribution in [1.82, 2.24) is 0 Å². The summed E-state index contributed by atoms with van der Waals surface area (Å²) in [5.41, 5.74) is 1.50. The third-order valence-electron chi connectivity index (χ3n) is 2.56. The van der Waals surface area contributed by atoms with Crippen molar-refractivity contribution < 1.29 is 13.5 Å². The topological polar surface area (TPSA) is 54.4 Å². The minimum absolute atomic E-state index is 0.0623. The second-order valence-electron chi connectivity index (χ2n) is 4.81. The Hall–Kier alpha value is -0.870. The molecule has 0 heterocycles. The first kappa shape index (κ1) is 13.2. The lowest BCUT2D eigenvalue weighted by molar-refractivity contribution is 0.218. The molecule has 0 aliphatic carbocycles. The van der Waals surface area contributed by atoms with Crippen LogP contribution in [0.1, 0.15) is 25.0 Å². The summed E-state index contributed by atoms with van der Waals surface area (Å²) < 4.78 is 22.2. The zero-order chi connectivity index (χ0) is 12.4.